The lowest BCUT2D eigenvalue weighted by atomic mass is 9.95. The van der Waals surface area contributed by atoms with Crippen molar-refractivity contribution in [2.75, 3.05) is 24.5 Å². The molecule has 2 aromatic carbocycles. The first-order valence-corrected chi connectivity index (χ1v) is 12.7. The van der Waals surface area contributed by atoms with E-state index in [-0.39, 0.29) is 29.0 Å². The van der Waals surface area contributed by atoms with Gasteiger partial charge < -0.3 is 9.47 Å². The van der Waals surface area contributed by atoms with Gasteiger partial charge in [-0.2, -0.15) is 9.97 Å². The molecule has 36 heavy (non-hydrogen) atoms. The first-order valence-electron chi connectivity index (χ1n) is 12.4. The molecule has 0 bridgehead atoms. The van der Waals surface area contributed by atoms with Crippen LogP contribution in [0.15, 0.2) is 54.9 Å². The van der Waals surface area contributed by atoms with Crippen molar-refractivity contribution in [1.82, 2.24) is 24.4 Å². The summed E-state index contributed by atoms with van der Waals surface area (Å²) in [5.41, 5.74) is 3.49. The minimum Gasteiger partial charge on any atom is -0.349 e. The van der Waals surface area contributed by atoms with E-state index in [0.29, 0.717) is 12.5 Å². The lowest BCUT2D eigenvalue weighted by Gasteiger charge is -2.44. The maximum atomic E-state index is 13.7. The van der Waals surface area contributed by atoms with Crippen LogP contribution in [0.3, 0.4) is 0 Å². The Bertz CT molecular complexity index is 1320. The maximum absolute atomic E-state index is 13.7. The van der Waals surface area contributed by atoms with Gasteiger partial charge in [-0.15, -0.1) is 0 Å². The third-order valence-corrected chi connectivity index (χ3v) is 7.41. The number of fused-ring (bicyclic) bond motifs is 1. The summed E-state index contributed by atoms with van der Waals surface area (Å²) in [4.78, 5) is 18.3. The molecule has 4 aromatic rings. The van der Waals surface area contributed by atoms with Gasteiger partial charge in [0.05, 0.1) is 12.4 Å². The zero-order chi connectivity index (χ0) is 24.8. The van der Waals surface area contributed by atoms with E-state index >= 15 is 0 Å². The molecule has 2 aromatic heterocycles. The number of piperazine rings is 1. The third kappa shape index (κ3) is 4.55. The Morgan fingerprint density at radius 3 is 2.17 bits per heavy atom. The van der Waals surface area contributed by atoms with E-state index in [1.165, 1.54) is 37.1 Å². The number of nitrogens with zero attached hydrogens (tertiary/aromatic N) is 6. The summed E-state index contributed by atoms with van der Waals surface area (Å²) in [5.74, 6) is 0.893. The summed E-state index contributed by atoms with van der Waals surface area (Å²) in [6, 6.07) is 13.1. The summed E-state index contributed by atoms with van der Waals surface area (Å²) in [5, 5.41) is 0.222. The average molecular weight is 509 g/mol. The predicted octanol–water partition coefficient (Wildman–Crippen LogP) is 5.47. The number of aromatic nitrogens is 4. The quantitative estimate of drug-likeness (QED) is 0.323. The highest BCUT2D eigenvalue weighted by atomic mass is 35.5. The van der Waals surface area contributed by atoms with Crippen LogP contribution in [-0.4, -0.2) is 50.1 Å². The van der Waals surface area contributed by atoms with Crippen molar-refractivity contribution in [2.24, 2.45) is 5.92 Å². The summed E-state index contributed by atoms with van der Waals surface area (Å²) in [6.07, 6.45) is 4.33. The van der Waals surface area contributed by atoms with Gasteiger partial charge in [0.1, 0.15) is 11.6 Å². The smallest absolute Gasteiger partial charge is 0.226 e. The van der Waals surface area contributed by atoms with Crippen LogP contribution in [0, 0.1) is 17.6 Å². The summed E-state index contributed by atoms with van der Waals surface area (Å²) < 4.78 is 29.5. The van der Waals surface area contributed by atoms with Gasteiger partial charge in [0, 0.05) is 32.2 Å². The number of imidazole rings is 1. The van der Waals surface area contributed by atoms with Gasteiger partial charge >= 0.3 is 0 Å². The Morgan fingerprint density at radius 2 is 1.58 bits per heavy atom. The monoisotopic (exact) mass is 508 g/mol. The molecule has 0 spiro atoms. The van der Waals surface area contributed by atoms with Gasteiger partial charge in [0.15, 0.2) is 17.0 Å². The highest BCUT2D eigenvalue weighted by Gasteiger charge is 2.33. The first-order chi connectivity index (χ1) is 17.5. The molecule has 1 saturated carbocycles. The number of benzene rings is 2. The van der Waals surface area contributed by atoms with Gasteiger partial charge in [-0.05, 0) is 72.7 Å². The van der Waals surface area contributed by atoms with E-state index in [0.717, 1.165) is 47.7 Å². The second kappa shape index (κ2) is 9.41. The molecule has 9 heteroatoms. The Labute approximate surface area is 213 Å². The predicted molar refractivity (Wildman–Crippen MR) is 136 cm³/mol. The number of rotatable bonds is 6. The van der Waals surface area contributed by atoms with Crippen LogP contribution in [0.25, 0.3) is 11.2 Å². The fourth-order valence-corrected chi connectivity index (χ4v) is 5.42. The van der Waals surface area contributed by atoms with Crippen LogP contribution >= 0.6 is 11.6 Å². The van der Waals surface area contributed by atoms with Crippen LogP contribution in [-0.2, 0) is 6.54 Å². The zero-order valence-electron chi connectivity index (χ0n) is 20.0. The largest absolute Gasteiger partial charge is 0.349 e. The Hall–Kier alpha value is -3.10. The SMILES string of the molecule is CC1CN(C(c2ccc(F)cc2)c2ccc(F)cc2)CCN1c1nc(Cl)nc2c1ncn2CC1CC1. The molecule has 0 radical (unpaired) electrons. The van der Waals surface area contributed by atoms with Crippen molar-refractivity contribution in [1.29, 1.82) is 0 Å². The molecule has 1 atom stereocenters. The highest BCUT2D eigenvalue weighted by molar-refractivity contribution is 6.28. The molecule has 1 saturated heterocycles. The Morgan fingerprint density at radius 1 is 0.944 bits per heavy atom. The van der Waals surface area contributed by atoms with Crippen LogP contribution in [0.5, 0.6) is 0 Å². The standard InChI is InChI=1S/C27H27ClF2N6/c1-17-14-34(24(19-4-8-21(29)9-5-19)20-6-10-22(30)11-7-20)12-13-36(17)26-23-25(32-27(28)33-26)35(16-31-23)15-18-2-3-18/h4-11,16-18,24H,2-3,12-15H2,1H3. The van der Waals surface area contributed by atoms with E-state index in [1.807, 2.05) is 6.33 Å². The molecule has 0 amide bonds. The second-order valence-electron chi connectivity index (χ2n) is 9.87. The molecule has 1 unspecified atom stereocenters. The van der Waals surface area contributed by atoms with Gasteiger partial charge in [-0.3, -0.25) is 4.90 Å². The number of halogens is 3. The molecule has 3 heterocycles. The van der Waals surface area contributed by atoms with Crippen molar-refractivity contribution in [3.8, 4) is 0 Å². The van der Waals surface area contributed by atoms with Crippen molar-refractivity contribution in [3.05, 3.63) is 82.9 Å². The van der Waals surface area contributed by atoms with Crippen molar-refractivity contribution >= 4 is 28.6 Å². The lowest BCUT2D eigenvalue weighted by molar-refractivity contribution is 0.187. The first kappa shape index (κ1) is 23.3. The maximum Gasteiger partial charge on any atom is 0.226 e. The van der Waals surface area contributed by atoms with Gasteiger partial charge in [0.25, 0.3) is 0 Å². The van der Waals surface area contributed by atoms with E-state index in [9.17, 15) is 8.78 Å². The van der Waals surface area contributed by atoms with Crippen molar-refractivity contribution < 1.29 is 8.78 Å². The van der Waals surface area contributed by atoms with Gasteiger partial charge in [-0.25, -0.2) is 13.8 Å². The molecule has 6 nitrogen and oxygen atoms in total. The molecular formula is C27H27ClF2N6. The minimum absolute atomic E-state index is 0.102. The van der Waals surface area contributed by atoms with Crippen molar-refractivity contribution in [3.63, 3.8) is 0 Å². The summed E-state index contributed by atoms with van der Waals surface area (Å²) in [7, 11) is 0. The van der Waals surface area contributed by atoms with E-state index < -0.39 is 0 Å². The molecule has 1 aliphatic heterocycles. The molecule has 1 aliphatic carbocycles. The Kier molecular flexibility index (Phi) is 6.09. The lowest BCUT2D eigenvalue weighted by Crippen LogP contribution is -2.53. The topological polar surface area (TPSA) is 50.1 Å². The van der Waals surface area contributed by atoms with Crippen molar-refractivity contribution in [2.45, 2.75) is 38.4 Å². The normalized spacial score (nSPS) is 18.9. The third-order valence-electron chi connectivity index (χ3n) is 7.24. The van der Waals surface area contributed by atoms with Crippen LogP contribution in [0.2, 0.25) is 5.28 Å². The average Bonchev–Trinajstić information content (AvgIpc) is 3.60. The molecule has 0 N–H and O–H groups in total. The molecule has 186 valence electrons. The van der Waals surface area contributed by atoms with E-state index in [4.69, 9.17) is 11.6 Å². The van der Waals surface area contributed by atoms with Crippen LogP contribution < -0.4 is 4.90 Å². The minimum atomic E-state index is -0.277. The molecule has 6 rings (SSSR count). The van der Waals surface area contributed by atoms with E-state index in [2.05, 4.69) is 36.2 Å². The second-order valence-corrected chi connectivity index (χ2v) is 10.2. The molecule has 2 aliphatic rings. The zero-order valence-corrected chi connectivity index (χ0v) is 20.7. The summed E-state index contributed by atoms with van der Waals surface area (Å²) >= 11 is 6.37. The highest BCUT2D eigenvalue weighted by Crippen LogP contribution is 2.35. The fraction of sp³-hybridized carbons (Fsp3) is 0.370. The fourth-order valence-electron chi connectivity index (χ4n) is 5.26. The van der Waals surface area contributed by atoms with Crippen LogP contribution in [0.1, 0.15) is 36.9 Å². The van der Waals surface area contributed by atoms with Gasteiger partial charge in [0.2, 0.25) is 5.28 Å². The van der Waals surface area contributed by atoms with Crippen LogP contribution in [0.4, 0.5) is 14.6 Å². The Balaban J connectivity index is 1.30. The number of hydrogen-bond acceptors (Lipinski definition) is 5. The molecule has 2 fully saturated rings. The summed E-state index contributed by atoms with van der Waals surface area (Å²) in [6.45, 7) is 5.23. The van der Waals surface area contributed by atoms with Gasteiger partial charge in [-0.1, -0.05) is 24.3 Å². The number of hydrogen-bond donors (Lipinski definition) is 0. The number of anilines is 1. The molecular weight excluding hydrogens is 482 g/mol. The van der Waals surface area contributed by atoms with E-state index in [1.54, 1.807) is 24.3 Å².